The lowest BCUT2D eigenvalue weighted by Gasteiger charge is -2.32. The van der Waals surface area contributed by atoms with Gasteiger partial charge in [0.1, 0.15) is 0 Å². The highest BCUT2D eigenvalue weighted by atomic mass is 16.5. The quantitative estimate of drug-likeness (QED) is 0.784. The molecule has 2 aromatic carbocycles. The van der Waals surface area contributed by atoms with E-state index in [0.717, 1.165) is 11.1 Å². The van der Waals surface area contributed by atoms with Gasteiger partial charge < -0.3 is 9.84 Å². The molecule has 2 aromatic rings. The fourth-order valence-corrected chi connectivity index (χ4v) is 2.75. The standard InChI is InChI=1S/C15H11NO3/c17-12-7-3-4-9-8-16-14(18)10-5-1-2-6-11(10)15(16)19-13(9)12/h1-7,15,17H,8H2. The van der Waals surface area contributed by atoms with Gasteiger partial charge in [-0.15, -0.1) is 0 Å². The third kappa shape index (κ3) is 1.31. The number of nitrogens with zero attached hydrogens (tertiary/aromatic N) is 1. The lowest BCUT2D eigenvalue weighted by molar-refractivity contribution is 0.0130. The van der Waals surface area contributed by atoms with E-state index in [0.29, 0.717) is 17.9 Å². The molecule has 0 saturated carbocycles. The molecule has 0 fully saturated rings. The predicted octanol–water partition coefficient (Wildman–Crippen LogP) is 2.44. The van der Waals surface area contributed by atoms with Crippen molar-refractivity contribution in [2.75, 3.05) is 0 Å². The van der Waals surface area contributed by atoms with Crippen molar-refractivity contribution in [3.05, 3.63) is 59.2 Å². The first-order valence-corrected chi connectivity index (χ1v) is 6.13. The summed E-state index contributed by atoms with van der Waals surface area (Å²) in [6.45, 7) is 0.460. The lowest BCUT2D eigenvalue weighted by Crippen LogP contribution is -2.34. The zero-order valence-corrected chi connectivity index (χ0v) is 10.0. The number of aromatic hydroxyl groups is 1. The second-order valence-electron chi connectivity index (χ2n) is 4.76. The van der Waals surface area contributed by atoms with Crippen molar-refractivity contribution in [3.8, 4) is 11.5 Å². The molecule has 1 amide bonds. The maximum absolute atomic E-state index is 12.3. The van der Waals surface area contributed by atoms with Crippen molar-refractivity contribution in [2.45, 2.75) is 12.8 Å². The fourth-order valence-electron chi connectivity index (χ4n) is 2.75. The zero-order chi connectivity index (χ0) is 13.0. The van der Waals surface area contributed by atoms with Crippen LogP contribution in [0.25, 0.3) is 0 Å². The Balaban J connectivity index is 1.87. The van der Waals surface area contributed by atoms with E-state index in [2.05, 4.69) is 0 Å². The van der Waals surface area contributed by atoms with Crippen LogP contribution in [0.2, 0.25) is 0 Å². The molecule has 2 heterocycles. The maximum atomic E-state index is 12.3. The van der Waals surface area contributed by atoms with E-state index in [4.69, 9.17) is 4.74 Å². The smallest absolute Gasteiger partial charge is 0.257 e. The molecule has 0 bridgehead atoms. The van der Waals surface area contributed by atoms with Crippen molar-refractivity contribution in [3.63, 3.8) is 0 Å². The molecule has 0 saturated heterocycles. The molecule has 2 aliphatic rings. The van der Waals surface area contributed by atoms with Crippen molar-refractivity contribution < 1.29 is 14.6 Å². The number of amides is 1. The van der Waals surface area contributed by atoms with Gasteiger partial charge in [-0.05, 0) is 12.1 Å². The molecule has 94 valence electrons. The van der Waals surface area contributed by atoms with Gasteiger partial charge in [0.05, 0.1) is 6.54 Å². The number of rotatable bonds is 0. The monoisotopic (exact) mass is 253 g/mol. The van der Waals surface area contributed by atoms with Gasteiger partial charge >= 0.3 is 0 Å². The summed E-state index contributed by atoms with van der Waals surface area (Å²) in [5.74, 6) is 0.580. The van der Waals surface area contributed by atoms with Crippen LogP contribution in [-0.2, 0) is 6.54 Å². The molecule has 0 aromatic heterocycles. The highest BCUT2D eigenvalue weighted by molar-refractivity contribution is 5.99. The molecule has 0 aliphatic carbocycles. The van der Waals surface area contributed by atoms with Crippen LogP contribution in [-0.4, -0.2) is 15.9 Å². The molecule has 4 nitrogen and oxygen atoms in total. The van der Waals surface area contributed by atoms with Gasteiger partial charge in [0.15, 0.2) is 11.5 Å². The molecule has 19 heavy (non-hydrogen) atoms. The normalized spacial score (nSPS) is 19.5. The van der Waals surface area contributed by atoms with Gasteiger partial charge in [-0.3, -0.25) is 9.69 Å². The third-order valence-corrected chi connectivity index (χ3v) is 3.65. The Morgan fingerprint density at radius 2 is 2.00 bits per heavy atom. The van der Waals surface area contributed by atoms with E-state index in [1.54, 1.807) is 17.0 Å². The fraction of sp³-hybridized carbons (Fsp3) is 0.133. The molecule has 1 unspecified atom stereocenters. The highest BCUT2D eigenvalue weighted by Gasteiger charge is 2.41. The molecule has 0 spiro atoms. The Hall–Kier alpha value is -2.49. The number of fused-ring (bicyclic) bond motifs is 4. The number of phenolic OH excluding ortho intramolecular Hbond substituents is 1. The number of benzene rings is 2. The summed E-state index contributed by atoms with van der Waals surface area (Å²) < 4.78 is 5.84. The van der Waals surface area contributed by atoms with Gasteiger partial charge in [-0.2, -0.15) is 0 Å². The summed E-state index contributed by atoms with van der Waals surface area (Å²) in [5, 5.41) is 9.86. The van der Waals surface area contributed by atoms with E-state index < -0.39 is 6.23 Å². The van der Waals surface area contributed by atoms with E-state index in [9.17, 15) is 9.90 Å². The van der Waals surface area contributed by atoms with E-state index in [-0.39, 0.29) is 11.7 Å². The third-order valence-electron chi connectivity index (χ3n) is 3.65. The molecule has 1 atom stereocenters. The summed E-state index contributed by atoms with van der Waals surface area (Å²) >= 11 is 0. The van der Waals surface area contributed by atoms with Crippen LogP contribution in [0, 0.1) is 0 Å². The average Bonchev–Trinajstić information content (AvgIpc) is 2.72. The minimum absolute atomic E-state index is 0.0189. The van der Waals surface area contributed by atoms with Gasteiger partial charge in [0, 0.05) is 16.7 Å². The van der Waals surface area contributed by atoms with Crippen LogP contribution in [0.15, 0.2) is 42.5 Å². The summed E-state index contributed by atoms with van der Waals surface area (Å²) in [7, 11) is 0. The van der Waals surface area contributed by atoms with Gasteiger partial charge in [-0.25, -0.2) is 0 Å². The van der Waals surface area contributed by atoms with Gasteiger partial charge in [0.2, 0.25) is 6.23 Å². The summed E-state index contributed by atoms with van der Waals surface area (Å²) in [4.78, 5) is 14.0. The van der Waals surface area contributed by atoms with Crippen molar-refractivity contribution in [1.29, 1.82) is 0 Å². The van der Waals surface area contributed by atoms with E-state index in [1.165, 1.54) is 0 Å². The summed E-state index contributed by atoms with van der Waals surface area (Å²) in [5.41, 5.74) is 2.37. The molecule has 4 heteroatoms. The molecular weight excluding hydrogens is 242 g/mol. The molecule has 4 rings (SSSR count). The number of hydrogen-bond acceptors (Lipinski definition) is 3. The second-order valence-corrected chi connectivity index (χ2v) is 4.76. The number of phenols is 1. The first-order valence-electron chi connectivity index (χ1n) is 6.13. The predicted molar refractivity (Wildman–Crippen MR) is 67.8 cm³/mol. The summed E-state index contributed by atoms with van der Waals surface area (Å²) in [6, 6.07) is 12.6. The van der Waals surface area contributed by atoms with Gasteiger partial charge in [0.25, 0.3) is 5.91 Å². The van der Waals surface area contributed by atoms with Crippen LogP contribution in [0.4, 0.5) is 0 Å². The minimum atomic E-state index is -0.426. The molecule has 0 radical (unpaired) electrons. The van der Waals surface area contributed by atoms with Crippen molar-refractivity contribution in [2.24, 2.45) is 0 Å². The Kier molecular flexibility index (Phi) is 1.93. The number of carbonyl (C=O) groups is 1. The second kappa shape index (κ2) is 3.51. The van der Waals surface area contributed by atoms with E-state index in [1.807, 2.05) is 30.3 Å². The highest BCUT2D eigenvalue weighted by Crippen LogP contribution is 2.44. The van der Waals surface area contributed by atoms with Crippen LogP contribution in [0.5, 0.6) is 11.5 Å². The van der Waals surface area contributed by atoms with Crippen LogP contribution >= 0.6 is 0 Å². The Labute approximate surface area is 109 Å². The Bertz CT molecular complexity index is 696. The van der Waals surface area contributed by atoms with E-state index >= 15 is 0 Å². The van der Waals surface area contributed by atoms with Crippen molar-refractivity contribution in [1.82, 2.24) is 4.90 Å². The van der Waals surface area contributed by atoms with Gasteiger partial charge in [-0.1, -0.05) is 30.3 Å². The molecular formula is C15H11NO3. The minimum Gasteiger partial charge on any atom is -0.504 e. The zero-order valence-electron chi connectivity index (χ0n) is 10.0. The number of ether oxygens (including phenoxy) is 1. The first-order chi connectivity index (χ1) is 9.25. The molecule has 1 N–H and O–H groups in total. The number of hydrogen-bond donors (Lipinski definition) is 1. The van der Waals surface area contributed by atoms with Crippen LogP contribution < -0.4 is 4.74 Å². The summed E-state index contributed by atoms with van der Waals surface area (Å²) in [6.07, 6.45) is -0.426. The molecule has 2 aliphatic heterocycles. The van der Waals surface area contributed by atoms with Crippen LogP contribution in [0.1, 0.15) is 27.7 Å². The number of para-hydroxylation sites is 1. The van der Waals surface area contributed by atoms with Crippen molar-refractivity contribution >= 4 is 5.91 Å². The Morgan fingerprint density at radius 3 is 2.89 bits per heavy atom. The SMILES string of the molecule is O=C1c2ccccc2C2Oc3c(O)cccc3CN12. The maximum Gasteiger partial charge on any atom is 0.257 e. The Morgan fingerprint density at radius 1 is 1.16 bits per heavy atom. The average molecular weight is 253 g/mol. The topological polar surface area (TPSA) is 49.8 Å². The number of carbonyl (C=O) groups excluding carboxylic acids is 1. The largest absolute Gasteiger partial charge is 0.504 e. The van der Waals surface area contributed by atoms with Crippen LogP contribution in [0.3, 0.4) is 0 Å². The first kappa shape index (κ1) is 10.4. The lowest BCUT2D eigenvalue weighted by atomic mass is 10.1.